The van der Waals surface area contributed by atoms with Crippen LogP contribution in [-0.4, -0.2) is 31.2 Å². The Hall–Kier alpha value is -3.57. The Bertz CT molecular complexity index is 1270. The lowest BCUT2D eigenvalue weighted by Crippen LogP contribution is -2.29. The summed E-state index contributed by atoms with van der Waals surface area (Å²) in [7, 11) is 0. The third kappa shape index (κ3) is 4.32. The molecule has 0 radical (unpaired) electrons. The Morgan fingerprint density at radius 2 is 2.00 bits per heavy atom. The van der Waals surface area contributed by atoms with Crippen LogP contribution in [0.25, 0.3) is 6.08 Å². The number of nitriles is 1. The fourth-order valence-electron chi connectivity index (χ4n) is 5.19. The highest BCUT2D eigenvalue weighted by atomic mass is 16.7. The number of benzene rings is 2. The van der Waals surface area contributed by atoms with Gasteiger partial charge >= 0.3 is 0 Å². The molecule has 7 heteroatoms. The van der Waals surface area contributed by atoms with Gasteiger partial charge in [-0.25, -0.2) is 0 Å². The Kier molecular flexibility index (Phi) is 5.57. The molecule has 178 valence electrons. The van der Waals surface area contributed by atoms with Gasteiger partial charge in [-0.3, -0.25) is 0 Å². The number of hydrogen-bond donors (Lipinski definition) is 1. The largest absolute Gasteiger partial charge is 0.489 e. The average molecular weight is 471 g/mol. The van der Waals surface area contributed by atoms with Gasteiger partial charge < -0.3 is 28.6 Å². The van der Waals surface area contributed by atoms with Crippen LogP contribution in [-0.2, 0) is 21.7 Å². The number of hydrogen-bond acceptors (Lipinski definition) is 7. The van der Waals surface area contributed by atoms with Gasteiger partial charge in [0.25, 0.3) is 0 Å². The Morgan fingerprint density at radius 3 is 2.80 bits per heavy atom. The van der Waals surface area contributed by atoms with Crippen molar-refractivity contribution in [3.05, 3.63) is 83.3 Å². The smallest absolute Gasteiger partial charge is 0.160 e. The molecule has 2 aromatic carbocycles. The lowest BCUT2D eigenvalue weighted by molar-refractivity contribution is -0.195. The van der Waals surface area contributed by atoms with Gasteiger partial charge in [0, 0.05) is 29.7 Å². The van der Waals surface area contributed by atoms with Crippen LogP contribution < -0.4 is 9.64 Å². The second-order valence-corrected chi connectivity index (χ2v) is 9.46. The maximum Gasteiger partial charge on any atom is 0.160 e. The maximum absolute atomic E-state index is 11.4. The molecule has 1 N–H and O–H groups in total. The molecule has 1 unspecified atom stereocenters. The van der Waals surface area contributed by atoms with E-state index in [4.69, 9.17) is 18.6 Å². The van der Waals surface area contributed by atoms with Gasteiger partial charge in [0.05, 0.1) is 43.4 Å². The molecule has 3 fully saturated rings. The lowest BCUT2D eigenvalue weighted by atomic mass is 9.83. The summed E-state index contributed by atoms with van der Waals surface area (Å²) in [4.78, 5) is 2.07. The normalized spacial score (nSPS) is 25.4. The standard InChI is InChI=1S/C28H26N2O5/c29-13-20-9-22-8-19(4-5-26(22)30(14-20)24-6-7-32-18-24)15-33-25-3-1-2-23(10-25)28(31)11-21-16-34-27(12-28)35-17-21/h1-10,18,21,27,31H,11-12,14-17H2. The zero-order chi connectivity index (χ0) is 23.8. The Morgan fingerprint density at radius 1 is 1.11 bits per heavy atom. The van der Waals surface area contributed by atoms with E-state index in [0.717, 1.165) is 28.1 Å². The van der Waals surface area contributed by atoms with Crippen LogP contribution in [0.2, 0.25) is 0 Å². The number of nitrogens with zero attached hydrogens (tertiary/aromatic N) is 2. The number of aliphatic hydroxyl groups is 1. The molecule has 0 saturated carbocycles. The molecule has 7 rings (SSSR count). The van der Waals surface area contributed by atoms with Gasteiger partial charge in [-0.05, 0) is 53.5 Å². The van der Waals surface area contributed by atoms with Crippen LogP contribution >= 0.6 is 0 Å². The minimum atomic E-state index is -0.997. The third-order valence-corrected chi connectivity index (χ3v) is 6.95. The summed E-state index contributed by atoms with van der Waals surface area (Å²) in [5, 5.41) is 21.0. The van der Waals surface area contributed by atoms with Gasteiger partial charge in [-0.2, -0.15) is 5.26 Å². The van der Waals surface area contributed by atoms with E-state index in [-0.39, 0.29) is 12.2 Å². The van der Waals surface area contributed by atoms with Crippen molar-refractivity contribution in [2.75, 3.05) is 24.7 Å². The van der Waals surface area contributed by atoms with Gasteiger partial charge in [0.15, 0.2) is 6.29 Å². The highest BCUT2D eigenvalue weighted by Crippen LogP contribution is 2.41. The van der Waals surface area contributed by atoms with Crippen LogP contribution in [0.4, 0.5) is 11.4 Å². The SMILES string of the molecule is N#CC1=Cc2cc(COc3cccc(C4(O)CC5COC(C4)OC5)c3)ccc2N(c2ccoc2)C1. The van der Waals surface area contributed by atoms with Gasteiger partial charge in [0.1, 0.15) is 18.6 Å². The van der Waals surface area contributed by atoms with Crippen LogP contribution in [0, 0.1) is 17.2 Å². The fourth-order valence-corrected chi connectivity index (χ4v) is 5.19. The summed E-state index contributed by atoms with van der Waals surface area (Å²) in [5.41, 5.74) is 4.39. The number of rotatable bonds is 5. The van der Waals surface area contributed by atoms with Gasteiger partial charge in [0.2, 0.25) is 0 Å². The third-order valence-electron chi connectivity index (χ3n) is 6.95. The van der Waals surface area contributed by atoms with Crippen molar-refractivity contribution < 1.29 is 23.7 Å². The van der Waals surface area contributed by atoms with Crippen molar-refractivity contribution in [1.29, 1.82) is 5.26 Å². The van der Waals surface area contributed by atoms with E-state index in [1.165, 1.54) is 0 Å². The van der Waals surface area contributed by atoms with Gasteiger partial charge in [-0.15, -0.1) is 0 Å². The molecule has 3 aromatic rings. The molecular formula is C28H26N2O5. The van der Waals surface area contributed by atoms with Crippen LogP contribution in [0.5, 0.6) is 5.75 Å². The molecule has 1 atom stereocenters. The maximum atomic E-state index is 11.4. The topological polar surface area (TPSA) is 88.1 Å². The molecule has 0 aliphatic carbocycles. The number of anilines is 2. The van der Waals surface area contributed by atoms with Gasteiger partial charge in [-0.1, -0.05) is 18.2 Å². The first kappa shape index (κ1) is 21.9. The van der Waals surface area contributed by atoms with Crippen LogP contribution in [0.15, 0.2) is 71.0 Å². The van der Waals surface area contributed by atoms with Crippen molar-refractivity contribution >= 4 is 17.5 Å². The van der Waals surface area contributed by atoms with E-state index < -0.39 is 5.60 Å². The second kappa shape index (κ2) is 8.90. The molecule has 5 heterocycles. The molecule has 2 bridgehead atoms. The number of furan rings is 1. The van der Waals surface area contributed by atoms with E-state index in [0.29, 0.717) is 50.5 Å². The minimum Gasteiger partial charge on any atom is -0.489 e. The van der Waals surface area contributed by atoms with Crippen LogP contribution in [0.3, 0.4) is 0 Å². The van der Waals surface area contributed by atoms with Crippen LogP contribution in [0.1, 0.15) is 29.5 Å². The summed E-state index contributed by atoms with van der Waals surface area (Å²) in [6.07, 6.45) is 5.89. The quantitative estimate of drug-likeness (QED) is 0.568. The average Bonchev–Trinajstić information content (AvgIpc) is 3.31. The summed E-state index contributed by atoms with van der Waals surface area (Å²) in [5.74, 6) is 0.882. The molecule has 1 aromatic heterocycles. The first-order valence-electron chi connectivity index (χ1n) is 11.8. The van der Waals surface area contributed by atoms with E-state index in [9.17, 15) is 10.4 Å². The van der Waals surface area contributed by atoms with E-state index >= 15 is 0 Å². The zero-order valence-corrected chi connectivity index (χ0v) is 19.2. The summed E-state index contributed by atoms with van der Waals surface area (Å²) >= 11 is 0. The zero-order valence-electron chi connectivity index (χ0n) is 19.2. The molecule has 0 amide bonds. The Labute approximate surface area is 203 Å². The van der Waals surface area contributed by atoms with Crippen molar-refractivity contribution in [3.8, 4) is 11.8 Å². The fraction of sp³-hybridized carbons (Fsp3) is 0.321. The lowest BCUT2D eigenvalue weighted by Gasteiger charge is -2.29. The van der Waals surface area contributed by atoms with E-state index in [1.54, 1.807) is 12.5 Å². The van der Waals surface area contributed by atoms with E-state index in [1.807, 2.05) is 54.6 Å². The molecule has 4 aliphatic rings. The highest BCUT2D eigenvalue weighted by molar-refractivity contribution is 5.80. The van der Waals surface area contributed by atoms with Crippen molar-refractivity contribution in [3.63, 3.8) is 0 Å². The predicted molar refractivity (Wildman–Crippen MR) is 129 cm³/mol. The monoisotopic (exact) mass is 470 g/mol. The summed E-state index contributed by atoms with van der Waals surface area (Å²) in [6.45, 7) is 2.13. The summed E-state index contributed by atoms with van der Waals surface area (Å²) < 4.78 is 22.8. The molecule has 7 nitrogen and oxygen atoms in total. The number of ether oxygens (including phenoxy) is 3. The molecule has 4 aliphatic heterocycles. The van der Waals surface area contributed by atoms with E-state index in [2.05, 4.69) is 11.0 Å². The summed E-state index contributed by atoms with van der Waals surface area (Å²) in [6, 6.07) is 18.0. The van der Waals surface area contributed by atoms with Crippen molar-refractivity contribution in [1.82, 2.24) is 0 Å². The highest BCUT2D eigenvalue weighted by Gasteiger charge is 2.42. The first-order valence-corrected chi connectivity index (χ1v) is 11.8. The molecule has 35 heavy (non-hydrogen) atoms. The minimum absolute atomic E-state index is 0.187. The number of fused-ring (bicyclic) bond motifs is 5. The first-order chi connectivity index (χ1) is 17.1. The second-order valence-electron chi connectivity index (χ2n) is 9.46. The predicted octanol–water partition coefficient (Wildman–Crippen LogP) is 4.89. The molecule has 3 saturated heterocycles. The molecule has 0 spiro atoms. The van der Waals surface area contributed by atoms with Crippen molar-refractivity contribution in [2.45, 2.75) is 31.3 Å². The Balaban J connectivity index is 1.21. The molecular weight excluding hydrogens is 444 g/mol. The van der Waals surface area contributed by atoms with Crippen molar-refractivity contribution in [2.24, 2.45) is 5.92 Å².